The zero-order valence-electron chi connectivity index (χ0n) is 46.8. The Morgan fingerprint density at radius 2 is 1.10 bits per heavy atom. The largest absolute Gasteiger partial charge is 0.496 e. The van der Waals surface area contributed by atoms with E-state index < -0.39 is 5.60 Å². The number of amides is 5. The number of methoxy groups -OCH3 is 2. The van der Waals surface area contributed by atoms with Gasteiger partial charge in [0, 0.05) is 118 Å². The number of nitrogens with one attached hydrogen (secondary N) is 5. The van der Waals surface area contributed by atoms with Gasteiger partial charge in [-0.15, -0.1) is 0 Å². The van der Waals surface area contributed by atoms with Crippen molar-refractivity contribution in [1.29, 1.82) is 0 Å². The monoisotopic (exact) mass is 1210 g/mol. The summed E-state index contributed by atoms with van der Waals surface area (Å²) in [6.45, 7) is 14.0. The lowest BCUT2D eigenvalue weighted by atomic mass is 9.84. The third-order valence-electron chi connectivity index (χ3n) is 16.7. The third-order valence-corrected chi connectivity index (χ3v) is 18.1. The highest BCUT2D eigenvalue weighted by Crippen LogP contribution is 2.40. The van der Waals surface area contributed by atoms with E-state index in [0.717, 1.165) is 148 Å². The fraction of sp³-hybridized carbons (Fsp3) is 0.525. The molecule has 424 valence electrons. The fourth-order valence-corrected chi connectivity index (χ4v) is 13.3. The molecule has 0 bridgehead atoms. The van der Waals surface area contributed by atoms with Gasteiger partial charge in [-0.1, -0.05) is 44.0 Å². The molecule has 4 aliphatic heterocycles. The number of carbonyl (C=O) groups excluding carboxylic acids is 5. The van der Waals surface area contributed by atoms with Crippen molar-refractivity contribution in [2.45, 2.75) is 155 Å². The van der Waals surface area contributed by atoms with E-state index >= 15 is 0 Å². The van der Waals surface area contributed by atoms with E-state index in [9.17, 15) is 24.0 Å². The molecule has 2 aliphatic carbocycles. The summed E-state index contributed by atoms with van der Waals surface area (Å²) >= 11 is 7.42. The molecular formula is C61H78Br2N8O8. The smallest absolute Gasteiger partial charge is 0.410 e. The van der Waals surface area contributed by atoms with Crippen molar-refractivity contribution in [3.63, 3.8) is 0 Å². The van der Waals surface area contributed by atoms with Crippen molar-refractivity contribution in [1.82, 2.24) is 20.0 Å². The topological polar surface area (TPSA) is 183 Å². The molecule has 10 rings (SSSR count). The number of hydrogen-bond acceptors (Lipinski definition) is 11. The molecule has 5 amide bonds. The molecule has 2 unspecified atom stereocenters. The van der Waals surface area contributed by atoms with Gasteiger partial charge < -0.3 is 55.5 Å². The summed E-state index contributed by atoms with van der Waals surface area (Å²) < 4.78 is 18.2. The highest BCUT2D eigenvalue weighted by Gasteiger charge is 2.40. The molecule has 0 radical (unpaired) electrons. The number of nitrogens with zero attached hydrogens (tertiary/aromatic N) is 3. The van der Waals surface area contributed by atoms with E-state index in [1.165, 1.54) is 12.8 Å². The second kappa shape index (κ2) is 25.3. The maximum absolute atomic E-state index is 13.6. The van der Waals surface area contributed by atoms with E-state index in [-0.39, 0.29) is 59.7 Å². The third kappa shape index (κ3) is 13.8. The molecule has 4 fully saturated rings. The highest BCUT2D eigenvalue weighted by atomic mass is 79.9. The van der Waals surface area contributed by atoms with Crippen LogP contribution in [0.25, 0.3) is 0 Å². The fourth-order valence-electron chi connectivity index (χ4n) is 12.2. The summed E-state index contributed by atoms with van der Waals surface area (Å²) in [6, 6.07) is 20.3. The average molecular weight is 1210 g/mol. The average Bonchev–Trinajstić information content (AvgIpc) is 4.45. The zero-order valence-corrected chi connectivity index (χ0v) is 50.0. The van der Waals surface area contributed by atoms with Crippen molar-refractivity contribution < 1.29 is 38.2 Å². The second-order valence-electron chi connectivity index (χ2n) is 23.2. The molecule has 79 heavy (non-hydrogen) atoms. The second-order valence-corrected chi connectivity index (χ2v) is 24.9. The minimum absolute atomic E-state index is 0.0198. The number of likely N-dealkylation sites (tertiary alicyclic amines) is 1. The van der Waals surface area contributed by atoms with Crippen LogP contribution in [0.5, 0.6) is 11.5 Å². The van der Waals surface area contributed by atoms with Crippen LogP contribution in [0, 0.1) is 25.7 Å². The predicted octanol–water partition coefficient (Wildman–Crippen LogP) is 11.8. The summed E-state index contributed by atoms with van der Waals surface area (Å²) in [5.74, 6) is 1.60. The van der Waals surface area contributed by atoms with E-state index in [2.05, 4.69) is 64.5 Å². The molecule has 0 aromatic heterocycles. The lowest BCUT2D eigenvalue weighted by molar-refractivity contribution is -0.121. The number of carbonyl (C=O) groups is 5. The van der Waals surface area contributed by atoms with E-state index in [1.54, 1.807) is 14.2 Å². The van der Waals surface area contributed by atoms with Gasteiger partial charge in [-0.3, -0.25) is 19.2 Å². The number of anilines is 4. The van der Waals surface area contributed by atoms with E-state index in [1.807, 2.05) is 104 Å². The number of aryl methyl sites for hydroxylation is 2. The van der Waals surface area contributed by atoms with E-state index in [0.29, 0.717) is 37.8 Å². The number of rotatable bonds is 14. The van der Waals surface area contributed by atoms with Gasteiger partial charge in [0.25, 0.3) is 11.8 Å². The van der Waals surface area contributed by atoms with Gasteiger partial charge in [-0.2, -0.15) is 0 Å². The van der Waals surface area contributed by atoms with Crippen LogP contribution in [0.4, 0.5) is 27.5 Å². The lowest BCUT2D eigenvalue weighted by Crippen LogP contribution is -2.42. The molecule has 4 aromatic rings. The number of benzene rings is 4. The normalized spacial score (nSPS) is 22.6. The molecule has 6 aliphatic rings. The Labute approximate surface area is 482 Å². The molecule has 18 heteroatoms. The van der Waals surface area contributed by atoms with Crippen molar-refractivity contribution in [3.8, 4) is 11.5 Å². The van der Waals surface area contributed by atoms with Crippen LogP contribution in [0.1, 0.15) is 141 Å². The SMILES string of the molecule is COc1cc(NC(=O)C2CCC(N3Cc4c(Br)cc(NCC5CCCN5)cc4C3=O)CC2)ccc1C.COc1cc(NC(=O)C2CCC(N3Cc4c(Br)cc(NCC5CCCN5C(=O)OC(C)(C)C)cc4C3=O)CC2)ccc1C. The van der Waals surface area contributed by atoms with Gasteiger partial charge in [0.1, 0.15) is 17.1 Å². The standard InChI is InChI=1S/C33H43BrN4O5.C28H35BrN4O3/c1-20-8-11-22(17-29(20)42-5)36-30(39)21-9-12-24(13-10-21)38-19-27-26(31(38)40)15-23(16-28(27)34)35-18-25-7-6-14-37(25)32(41)43-33(2,3)4;1-17-5-8-19(14-26(17)36-2)32-27(34)18-6-9-22(10-7-18)33-16-24-23(28(33)35)12-21(13-25(24)29)31-15-20-4-3-11-30-20/h8,11,15-17,21,24-25,35H,6-7,9-10,12-14,18-19H2,1-5H3,(H,36,39);5,8,12-14,18,20,22,30-31H,3-4,6-7,9-11,15-16H2,1-2H3,(H,32,34). The van der Waals surface area contributed by atoms with Crippen LogP contribution in [0.3, 0.4) is 0 Å². The van der Waals surface area contributed by atoms with Gasteiger partial charge in [0.15, 0.2) is 0 Å². The Morgan fingerprint density at radius 3 is 1.54 bits per heavy atom. The Kier molecular flexibility index (Phi) is 18.5. The maximum Gasteiger partial charge on any atom is 0.410 e. The van der Waals surface area contributed by atoms with Crippen LogP contribution < -0.4 is 36.1 Å². The van der Waals surface area contributed by atoms with Gasteiger partial charge >= 0.3 is 6.09 Å². The van der Waals surface area contributed by atoms with Gasteiger partial charge in [-0.25, -0.2) is 4.79 Å². The quantitative estimate of drug-likeness (QED) is 0.0810. The van der Waals surface area contributed by atoms with Crippen LogP contribution >= 0.6 is 31.9 Å². The van der Waals surface area contributed by atoms with E-state index in [4.69, 9.17) is 14.2 Å². The Balaban J connectivity index is 0.000000195. The first kappa shape index (κ1) is 57.8. The summed E-state index contributed by atoms with van der Waals surface area (Å²) in [5.41, 5.74) is 8.42. The van der Waals surface area contributed by atoms with Crippen LogP contribution in [-0.4, -0.2) is 115 Å². The van der Waals surface area contributed by atoms with Crippen molar-refractivity contribution in [2.24, 2.45) is 11.8 Å². The van der Waals surface area contributed by atoms with Crippen molar-refractivity contribution in [2.75, 3.05) is 61.7 Å². The lowest BCUT2D eigenvalue weighted by Gasteiger charge is -2.34. The summed E-state index contributed by atoms with van der Waals surface area (Å²) in [4.78, 5) is 71.4. The van der Waals surface area contributed by atoms with Crippen molar-refractivity contribution >= 4 is 84.3 Å². The molecule has 5 N–H and O–H groups in total. The van der Waals surface area contributed by atoms with Gasteiger partial charge in [-0.05, 0) is 177 Å². The molecular weight excluding hydrogens is 1130 g/mol. The summed E-state index contributed by atoms with van der Waals surface area (Å²) in [5, 5.41) is 16.6. The number of hydrogen-bond donors (Lipinski definition) is 5. The first-order valence-electron chi connectivity index (χ1n) is 28.2. The van der Waals surface area contributed by atoms with Crippen LogP contribution in [0.2, 0.25) is 0 Å². The van der Waals surface area contributed by atoms with Gasteiger partial charge in [0.2, 0.25) is 11.8 Å². The molecule has 2 saturated carbocycles. The summed E-state index contributed by atoms with van der Waals surface area (Å²) in [7, 11) is 3.26. The zero-order chi connectivity index (χ0) is 56.1. The summed E-state index contributed by atoms with van der Waals surface area (Å²) in [6.07, 6.45) is 10.3. The van der Waals surface area contributed by atoms with Crippen molar-refractivity contribution in [3.05, 3.63) is 103 Å². The first-order chi connectivity index (χ1) is 37.9. The van der Waals surface area contributed by atoms with Crippen LogP contribution in [-0.2, 0) is 27.4 Å². The number of fused-ring (bicyclic) bond motifs is 2. The highest BCUT2D eigenvalue weighted by molar-refractivity contribution is 9.10. The van der Waals surface area contributed by atoms with Gasteiger partial charge in [0.05, 0.1) is 20.3 Å². The molecule has 2 saturated heterocycles. The minimum Gasteiger partial charge on any atom is -0.496 e. The Hall–Kier alpha value is -5.85. The molecule has 4 aromatic carbocycles. The molecule has 0 spiro atoms. The first-order valence-corrected chi connectivity index (χ1v) is 29.8. The Morgan fingerprint density at radius 1 is 0.620 bits per heavy atom. The number of ether oxygens (including phenoxy) is 3. The predicted molar refractivity (Wildman–Crippen MR) is 316 cm³/mol. The van der Waals surface area contributed by atoms with Crippen LogP contribution in [0.15, 0.2) is 69.6 Å². The molecule has 4 heterocycles. The molecule has 2 atom stereocenters. The molecule has 16 nitrogen and oxygen atoms in total. The maximum atomic E-state index is 13.6. The number of halogens is 2. The Bertz CT molecular complexity index is 2910. The minimum atomic E-state index is -0.531.